The van der Waals surface area contributed by atoms with Crippen LogP contribution in [0.3, 0.4) is 0 Å². The van der Waals surface area contributed by atoms with E-state index < -0.39 is 23.9 Å². The summed E-state index contributed by atoms with van der Waals surface area (Å²) < 4.78 is 10.5. The maximum absolute atomic E-state index is 12.4. The highest BCUT2D eigenvalue weighted by Gasteiger charge is 2.25. The van der Waals surface area contributed by atoms with Crippen LogP contribution in [0, 0.1) is 13.8 Å². The number of amides is 2. The molecule has 2 N–H and O–H groups in total. The minimum Gasteiger partial charge on any atom is -0.444 e. The SMILES string of the molecule is CCNC(=O)CC(NC(=O)OC(C)(C)C)OC(=O)c1ccc(C)cc1C. The molecule has 1 aromatic rings. The van der Waals surface area contributed by atoms with Crippen molar-refractivity contribution in [3.05, 3.63) is 34.9 Å². The molecule has 0 heterocycles. The third kappa shape index (κ3) is 7.55. The van der Waals surface area contributed by atoms with Gasteiger partial charge in [0.15, 0.2) is 6.23 Å². The Hall–Kier alpha value is -2.57. The van der Waals surface area contributed by atoms with Gasteiger partial charge in [-0.05, 0) is 53.2 Å². The lowest BCUT2D eigenvalue weighted by Crippen LogP contribution is -2.44. The third-order valence-corrected chi connectivity index (χ3v) is 3.27. The molecule has 1 aromatic carbocycles. The van der Waals surface area contributed by atoms with Crippen LogP contribution >= 0.6 is 0 Å². The molecule has 0 aliphatic heterocycles. The van der Waals surface area contributed by atoms with Gasteiger partial charge in [0.25, 0.3) is 0 Å². The van der Waals surface area contributed by atoms with Gasteiger partial charge < -0.3 is 14.8 Å². The lowest BCUT2D eigenvalue weighted by atomic mass is 10.1. The van der Waals surface area contributed by atoms with Crippen LogP contribution in [0.25, 0.3) is 0 Å². The van der Waals surface area contributed by atoms with E-state index in [2.05, 4.69) is 10.6 Å². The van der Waals surface area contributed by atoms with Crippen molar-refractivity contribution in [3.63, 3.8) is 0 Å². The van der Waals surface area contributed by atoms with Crippen molar-refractivity contribution in [2.75, 3.05) is 6.54 Å². The maximum Gasteiger partial charge on any atom is 0.410 e. The molecule has 1 rings (SSSR count). The van der Waals surface area contributed by atoms with E-state index in [-0.39, 0.29) is 12.3 Å². The number of carbonyl (C=O) groups is 3. The molecular weight excluding hydrogens is 336 g/mol. The summed E-state index contributed by atoms with van der Waals surface area (Å²) in [5.74, 6) is -0.963. The summed E-state index contributed by atoms with van der Waals surface area (Å²) >= 11 is 0. The smallest absolute Gasteiger partial charge is 0.410 e. The van der Waals surface area contributed by atoms with Gasteiger partial charge in [-0.2, -0.15) is 0 Å². The molecule has 1 atom stereocenters. The van der Waals surface area contributed by atoms with Gasteiger partial charge in [0.2, 0.25) is 5.91 Å². The number of alkyl carbamates (subject to hydrolysis) is 1. The zero-order chi connectivity index (χ0) is 19.9. The normalized spacial score (nSPS) is 12.1. The first-order chi connectivity index (χ1) is 12.0. The zero-order valence-electron chi connectivity index (χ0n) is 16.3. The van der Waals surface area contributed by atoms with E-state index >= 15 is 0 Å². The van der Waals surface area contributed by atoms with Gasteiger partial charge in [-0.25, -0.2) is 9.59 Å². The van der Waals surface area contributed by atoms with Gasteiger partial charge >= 0.3 is 12.1 Å². The van der Waals surface area contributed by atoms with Crippen molar-refractivity contribution in [2.45, 2.75) is 59.8 Å². The molecular formula is C19H28N2O5. The van der Waals surface area contributed by atoms with Crippen molar-refractivity contribution >= 4 is 18.0 Å². The summed E-state index contributed by atoms with van der Waals surface area (Å²) in [6.07, 6.45) is -2.10. The van der Waals surface area contributed by atoms with Gasteiger partial charge in [0.05, 0.1) is 12.0 Å². The topological polar surface area (TPSA) is 93.7 Å². The quantitative estimate of drug-likeness (QED) is 0.598. The fraction of sp³-hybridized carbons (Fsp3) is 0.526. The van der Waals surface area contributed by atoms with Crippen molar-refractivity contribution in [3.8, 4) is 0 Å². The van der Waals surface area contributed by atoms with Crippen LogP contribution < -0.4 is 10.6 Å². The van der Waals surface area contributed by atoms with Crippen molar-refractivity contribution < 1.29 is 23.9 Å². The van der Waals surface area contributed by atoms with E-state index in [9.17, 15) is 14.4 Å². The average molecular weight is 364 g/mol. The molecule has 0 saturated carbocycles. The largest absolute Gasteiger partial charge is 0.444 e. The van der Waals surface area contributed by atoms with Crippen LogP contribution in [0.2, 0.25) is 0 Å². The lowest BCUT2D eigenvalue weighted by Gasteiger charge is -2.23. The first-order valence-corrected chi connectivity index (χ1v) is 8.56. The van der Waals surface area contributed by atoms with Gasteiger partial charge in [0, 0.05) is 6.54 Å². The molecule has 0 aliphatic rings. The molecule has 0 spiro atoms. The van der Waals surface area contributed by atoms with Crippen molar-refractivity contribution in [2.24, 2.45) is 0 Å². The second-order valence-electron chi connectivity index (χ2n) is 7.02. The monoisotopic (exact) mass is 364 g/mol. The maximum atomic E-state index is 12.4. The van der Waals surface area contributed by atoms with E-state index in [0.717, 1.165) is 11.1 Å². The summed E-state index contributed by atoms with van der Waals surface area (Å²) in [4.78, 5) is 36.3. The predicted octanol–water partition coefficient (Wildman–Crippen LogP) is 2.84. The predicted molar refractivity (Wildman–Crippen MR) is 97.8 cm³/mol. The Kier molecular flexibility index (Phi) is 7.61. The molecule has 7 nitrogen and oxygen atoms in total. The Morgan fingerprint density at radius 3 is 2.35 bits per heavy atom. The van der Waals surface area contributed by atoms with Crippen LogP contribution in [0.15, 0.2) is 18.2 Å². The molecule has 0 radical (unpaired) electrons. The highest BCUT2D eigenvalue weighted by Crippen LogP contribution is 2.14. The standard InChI is InChI=1S/C19H28N2O5/c1-7-20-15(22)11-16(21-18(24)26-19(4,5)6)25-17(23)14-9-8-12(2)10-13(14)3/h8-10,16H,7,11H2,1-6H3,(H,20,22)(H,21,24). The van der Waals surface area contributed by atoms with E-state index in [1.807, 2.05) is 13.0 Å². The van der Waals surface area contributed by atoms with E-state index in [1.54, 1.807) is 46.8 Å². The van der Waals surface area contributed by atoms with Gasteiger partial charge in [-0.3, -0.25) is 10.1 Å². The Morgan fingerprint density at radius 2 is 1.81 bits per heavy atom. The first kappa shape index (κ1) is 21.5. The highest BCUT2D eigenvalue weighted by atomic mass is 16.6. The van der Waals surface area contributed by atoms with Crippen LogP contribution in [-0.4, -0.2) is 36.3 Å². The fourth-order valence-corrected chi connectivity index (χ4v) is 2.23. The summed E-state index contributed by atoms with van der Waals surface area (Å²) in [7, 11) is 0. The minimum absolute atomic E-state index is 0.205. The van der Waals surface area contributed by atoms with E-state index in [0.29, 0.717) is 12.1 Å². The number of aryl methyl sites for hydroxylation is 2. The lowest BCUT2D eigenvalue weighted by molar-refractivity contribution is -0.123. The second-order valence-corrected chi connectivity index (χ2v) is 7.02. The fourth-order valence-electron chi connectivity index (χ4n) is 2.23. The molecule has 0 saturated heterocycles. The summed E-state index contributed by atoms with van der Waals surface area (Å²) in [6.45, 7) is 11.1. The molecule has 0 bridgehead atoms. The Bertz CT molecular complexity index is 664. The van der Waals surface area contributed by atoms with E-state index in [1.165, 1.54) is 0 Å². The summed E-state index contributed by atoms with van der Waals surface area (Å²) in [5, 5.41) is 5.04. The molecule has 0 aliphatic carbocycles. The van der Waals surface area contributed by atoms with Gasteiger partial charge in [-0.1, -0.05) is 17.7 Å². The number of benzene rings is 1. The van der Waals surface area contributed by atoms with Crippen LogP contribution in [0.5, 0.6) is 0 Å². The molecule has 0 aromatic heterocycles. The minimum atomic E-state index is -1.13. The average Bonchev–Trinajstić information content (AvgIpc) is 2.44. The van der Waals surface area contributed by atoms with Gasteiger partial charge in [0.1, 0.15) is 5.60 Å². The van der Waals surface area contributed by atoms with Gasteiger partial charge in [-0.15, -0.1) is 0 Å². The Morgan fingerprint density at radius 1 is 1.15 bits per heavy atom. The first-order valence-electron chi connectivity index (χ1n) is 8.56. The molecule has 7 heteroatoms. The third-order valence-electron chi connectivity index (χ3n) is 3.27. The van der Waals surface area contributed by atoms with E-state index in [4.69, 9.17) is 9.47 Å². The van der Waals surface area contributed by atoms with Crippen molar-refractivity contribution in [1.29, 1.82) is 0 Å². The van der Waals surface area contributed by atoms with Crippen LogP contribution in [-0.2, 0) is 14.3 Å². The molecule has 144 valence electrons. The zero-order valence-corrected chi connectivity index (χ0v) is 16.3. The number of ether oxygens (including phenoxy) is 2. The number of esters is 1. The highest BCUT2D eigenvalue weighted by molar-refractivity contribution is 5.91. The number of hydrogen-bond acceptors (Lipinski definition) is 5. The summed E-state index contributed by atoms with van der Waals surface area (Å²) in [6, 6.07) is 5.31. The second kappa shape index (κ2) is 9.22. The molecule has 2 amide bonds. The van der Waals surface area contributed by atoms with Crippen LogP contribution in [0.4, 0.5) is 4.79 Å². The number of hydrogen-bond donors (Lipinski definition) is 2. The van der Waals surface area contributed by atoms with Crippen molar-refractivity contribution in [1.82, 2.24) is 10.6 Å². The molecule has 1 unspecified atom stereocenters. The molecule has 26 heavy (non-hydrogen) atoms. The molecule has 0 fully saturated rings. The Labute approximate surface area is 154 Å². The Balaban J connectivity index is 2.87. The summed E-state index contributed by atoms with van der Waals surface area (Å²) in [5.41, 5.74) is 1.44. The number of carbonyl (C=O) groups excluding carboxylic acids is 3. The number of nitrogens with one attached hydrogen (secondary N) is 2. The van der Waals surface area contributed by atoms with Crippen LogP contribution in [0.1, 0.15) is 55.6 Å². The number of rotatable bonds is 6.